The van der Waals surface area contributed by atoms with Gasteiger partial charge in [0.25, 0.3) is 0 Å². The summed E-state index contributed by atoms with van der Waals surface area (Å²) in [5.74, 6) is 1.00. The monoisotopic (exact) mass is 287 g/mol. The van der Waals surface area contributed by atoms with Gasteiger partial charge in [-0.3, -0.25) is 0 Å². The van der Waals surface area contributed by atoms with Gasteiger partial charge in [0.05, 0.1) is 6.61 Å². The highest BCUT2D eigenvalue weighted by atomic mass is 35.5. The zero-order chi connectivity index (χ0) is 14.1. The lowest BCUT2D eigenvalue weighted by Gasteiger charge is -2.21. The second-order valence-corrected chi connectivity index (χ2v) is 5.68. The molecule has 1 heterocycles. The molecule has 3 rings (SSSR count). The van der Waals surface area contributed by atoms with Crippen molar-refractivity contribution in [3.05, 3.63) is 52.5 Å². The number of para-hydroxylation sites is 1. The molecule has 0 radical (unpaired) electrons. The number of ether oxygens (including phenoxy) is 1. The predicted octanol–water partition coefficient (Wildman–Crippen LogP) is 4.35. The van der Waals surface area contributed by atoms with Gasteiger partial charge in [0.2, 0.25) is 0 Å². The van der Waals surface area contributed by atoms with E-state index in [0.717, 1.165) is 41.9 Å². The first-order valence-corrected chi connectivity index (χ1v) is 7.34. The van der Waals surface area contributed by atoms with Gasteiger partial charge in [-0.15, -0.1) is 0 Å². The third-order valence-electron chi connectivity index (χ3n) is 3.74. The number of hydrogen-bond donors (Lipinski definition) is 1. The maximum Gasteiger partial charge on any atom is 0.130 e. The fourth-order valence-corrected chi connectivity index (χ4v) is 3.03. The van der Waals surface area contributed by atoms with Gasteiger partial charge in [-0.2, -0.15) is 0 Å². The van der Waals surface area contributed by atoms with Crippen LogP contribution in [0.2, 0.25) is 5.02 Å². The average molecular weight is 288 g/mol. The Morgan fingerprint density at radius 1 is 1.25 bits per heavy atom. The van der Waals surface area contributed by atoms with Crippen LogP contribution >= 0.6 is 11.6 Å². The van der Waals surface area contributed by atoms with E-state index in [-0.39, 0.29) is 6.04 Å². The van der Waals surface area contributed by atoms with E-state index in [1.165, 1.54) is 5.56 Å². The number of fused-ring (bicyclic) bond motifs is 1. The summed E-state index contributed by atoms with van der Waals surface area (Å²) in [5.41, 5.74) is 10.4. The van der Waals surface area contributed by atoms with E-state index < -0.39 is 0 Å². The summed E-state index contributed by atoms with van der Waals surface area (Å²) in [4.78, 5) is 0. The quantitative estimate of drug-likeness (QED) is 0.891. The van der Waals surface area contributed by atoms with E-state index in [1.807, 2.05) is 19.1 Å². The van der Waals surface area contributed by atoms with Crippen LogP contribution in [-0.2, 0) is 6.42 Å². The number of nitrogens with two attached hydrogens (primary N) is 1. The van der Waals surface area contributed by atoms with Gasteiger partial charge in [0, 0.05) is 16.6 Å². The maximum atomic E-state index is 6.34. The Bertz CT molecular complexity index is 637. The molecule has 2 nitrogen and oxygen atoms in total. The number of hydrogen-bond acceptors (Lipinski definition) is 2. The first-order valence-electron chi connectivity index (χ1n) is 6.97. The highest BCUT2D eigenvalue weighted by Crippen LogP contribution is 2.38. The molecule has 1 unspecified atom stereocenters. The van der Waals surface area contributed by atoms with Crippen LogP contribution in [0.25, 0.3) is 11.1 Å². The van der Waals surface area contributed by atoms with Crippen molar-refractivity contribution >= 4 is 11.6 Å². The SMILES string of the molecule is CC(N)c1ccc(-c2cccc3c2OCCC3)cc1Cl. The van der Waals surface area contributed by atoms with Crippen LogP contribution in [0.5, 0.6) is 5.75 Å². The molecule has 0 saturated heterocycles. The molecule has 0 fully saturated rings. The Hall–Kier alpha value is -1.51. The Balaban J connectivity index is 2.08. The summed E-state index contributed by atoms with van der Waals surface area (Å²) in [6.45, 7) is 2.73. The van der Waals surface area contributed by atoms with Gasteiger partial charge >= 0.3 is 0 Å². The van der Waals surface area contributed by atoms with Gasteiger partial charge in [-0.1, -0.05) is 41.9 Å². The Morgan fingerprint density at radius 3 is 2.85 bits per heavy atom. The highest BCUT2D eigenvalue weighted by Gasteiger charge is 2.16. The molecule has 104 valence electrons. The summed E-state index contributed by atoms with van der Waals surface area (Å²) in [6.07, 6.45) is 2.16. The summed E-state index contributed by atoms with van der Waals surface area (Å²) in [7, 11) is 0. The normalized spacial score (nSPS) is 15.3. The molecule has 0 saturated carbocycles. The van der Waals surface area contributed by atoms with Crippen molar-refractivity contribution < 1.29 is 4.74 Å². The fraction of sp³-hybridized carbons (Fsp3) is 0.294. The van der Waals surface area contributed by atoms with Crippen LogP contribution < -0.4 is 10.5 Å². The highest BCUT2D eigenvalue weighted by molar-refractivity contribution is 6.31. The second-order valence-electron chi connectivity index (χ2n) is 5.27. The molecular formula is C17H18ClNO. The molecule has 0 spiro atoms. The molecule has 2 N–H and O–H groups in total. The molecule has 2 aromatic rings. The van der Waals surface area contributed by atoms with E-state index in [0.29, 0.717) is 5.02 Å². The minimum absolute atomic E-state index is 0.0579. The number of halogens is 1. The summed E-state index contributed by atoms with van der Waals surface area (Å²) in [5, 5.41) is 0.714. The number of aryl methyl sites for hydroxylation is 1. The molecule has 0 amide bonds. The fourth-order valence-electron chi connectivity index (χ4n) is 2.68. The van der Waals surface area contributed by atoms with Crippen molar-refractivity contribution in [2.24, 2.45) is 5.73 Å². The largest absolute Gasteiger partial charge is 0.493 e. The zero-order valence-corrected chi connectivity index (χ0v) is 12.3. The van der Waals surface area contributed by atoms with Crippen molar-refractivity contribution in [3.63, 3.8) is 0 Å². The van der Waals surface area contributed by atoms with E-state index in [9.17, 15) is 0 Å². The first-order chi connectivity index (χ1) is 9.66. The van der Waals surface area contributed by atoms with Crippen LogP contribution in [0.1, 0.15) is 30.5 Å². The van der Waals surface area contributed by atoms with Gasteiger partial charge in [0.1, 0.15) is 5.75 Å². The van der Waals surface area contributed by atoms with Crippen molar-refractivity contribution in [1.29, 1.82) is 0 Å². The molecule has 20 heavy (non-hydrogen) atoms. The van der Waals surface area contributed by atoms with E-state index in [2.05, 4.69) is 24.3 Å². The Morgan fingerprint density at radius 2 is 2.10 bits per heavy atom. The number of benzene rings is 2. The summed E-state index contributed by atoms with van der Waals surface area (Å²) >= 11 is 6.34. The second kappa shape index (κ2) is 5.47. The van der Waals surface area contributed by atoms with Gasteiger partial charge in [-0.05, 0) is 42.5 Å². The molecule has 0 aliphatic carbocycles. The van der Waals surface area contributed by atoms with Crippen LogP contribution in [0.4, 0.5) is 0 Å². The average Bonchev–Trinajstić information content (AvgIpc) is 2.46. The lowest BCUT2D eigenvalue weighted by molar-refractivity contribution is 0.289. The lowest BCUT2D eigenvalue weighted by atomic mass is 9.96. The van der Waals surface area contributed by atoms with Crippen LogP contribution in [-0.4, -0.2) is 6.61 Å². The van der Waals surface area contributed by atoms with E-state index in [4.69, 9.17) is 22.1 Å². The third-order valence-corrected chi connectivity index (χ3v) is 4.06. The first kappa shape index (κ1) is 13.5. The predicted molar refractivity (Wildman–Crippen MR) is 83.3 cm³/mol. The van der Waals surface area contributed by atoms with E-state index >= 15 is 0 Å². The van der Waals surface area contributed by atoms with Crippen molar-refractivity contribution in [3.8, 4) is 16.9 Å². The smallest absolute Gasteiger partial charge is 0.130 e. The minimum atomic E-state index is -0.0579. The molecular weight excluding hydrogens is 270 g/mol. The van der Waals surface area contributed by atoms with Crippen LogP contribution in [0.15, 0.2) is 36.4 Å². The maximum absolute atomic E-state index is 6.34. The third kappa shape index (κ3) is 2.41. The molecule has 0 bridgehead atoms. The molecule has 0 aromatic heterocycles. The van der Waals surface area contributed by atoms with Crippen molar-refractivity contribution in [2.75, 3.05) is 6.61 Å². The molecule has 3 heteroatoms. The van der Waals surface area contributed by atoms with E-state index in [1.54, 1.807) is 0 Å². The Labute approximate surface area is 124 Å². The van der Waals surface area contributed by atoms with Gasteiger partial charge in [-0.25, -0.2) is 0 Å². The topological polar surface area (TPSA) is 35.2 Å². The molecule has 1 aliphatic heterocycles. The molecule has 2 aromatic carbocycles. The summed E-state index contributed by atoms with van der Waals surface area (Å²) < 4.78 is 5.86. The summed E-state index contributed by atoms with van der Waals surface area (Å²) in [6, 6.07) is 12.3. The van der Waals surface area contributed by atoms with Crippen molar-refractivity contribution in [2.45, 2.75) is 25.8 Å². The van der Waals surface area contributed by atoms with Gasteiger partial charge in [0.15, 0.2) is 0 Å². The van der Waals surface area contributed by atoms with Crippen LogP contribution in [0.3, 0.4) is 0 Å². The van der Waals surface area contributed by atoms with Crippen LogP contribution in [0, 0.1) is 0 Å². The zero-order valence-electron chi connectivity index (χ0n) is 11.5. The molecule has 1 atom stereocenters. The molecule has 1 aliphatic rings. The Kier molecular flexibility index (Phi) is 3.68. The standard InChI is InChI=1S/C17H18ClNO/c1-11(19)14-8-7-13(10-16(14)18)15-6-2-4-12-5-3-9-20-17(12)15/h2,4,6-8,10-11H,3,5,9,19H2,1H3. The van der Waals surface area contributed by atoms with Crippen molar-refractivity contribution in [1.82, 2.24) is 0 Å². The lowest BCUT2D eigenvalue weighted by Crippen LogP contribution is -2.09. The van der Waals surface area contributed by atoms with Gasteiger partial charge < -0.3 is 10.5 Å². The minimum Gasteiger partial charge on any atom is -0.493 e. The number of rotatable bonds is 2.